The minimum Gasteiger partial charge on any atom is -0.365 e. The van der Waals surface area contributed by atoms with Gasteiger partial charge in [-0.05, 0) is 67.7 Å². The molecule has 1 heterocycles. The van der Waals surface area contributed by atoms with Gasteiger partial charge >= 0.3 is 0 Å². The van der Waals surface area contributed by atoms with E-state index >= 15 is 0 Å². The third kappa shape index (κ3) is 3.27. The molecule has 1 heteroatoms. The van der Waals surface area contributed by atoms with Crippen LogP contribution in [0, 0.1) is 19.8 Å². The number of hydrogen-bond donors (Lipinski definition) is 0. The first kappa shape index (κ1) is 18.2. The van der Waals surface area contributed by atoms with Gasteiger partial charge < -0.3 is 4.74 Å². The fourth-order valence-corrected chi connectivity index (χ4v) is 4.54. The lowest BCUT2D eigenvalue weighted by Crippen LogP contribution is -2.34. The van der Waals surface area contributed by atoms with E-state index < -0.39 is 0 Å². The molecular weight excluding hydrogens is 304 g/mol. The maximum Gasteiger partial charge on any atom is 0.121 e. The number of rotatable bonds is 5. The fourth-order valence-electron chi connectivity index (χ4n) is 4.54. The van der Waals surface area contributed by atoms with E-state index in [1.807, 2.05) is 0 Å². The van der Waals surface area contributed by atoms with Gasteiger partial charge in [-0.3, -0.25) is 0 Å². The summed E-state index contributed by atoms with van der Waals surface area (Å²) in [5.74, 6) is 0.533. The first-order valence-electron chi connectivity index (χ1n) is 9.89. The van der Waals surface area contributed by atoms with Crippen LogP contribution in [0.4, 0.5) is 0 Å². The molecule has 0 radical (unpaired) electrons. The van der Waals surface area contributed by atoms with Crippen molar-refractivity contribution in [2.24, 2.45) is 5.92 Å². The lowest BCUT2D eigenvalue weighted by atomic mass is 9.73. The molecule has 1 aliphatic heterocycles. The standard InChI is InChI=1S/C24H32O/c1-6-19-11-17(4)13-22(15-19)24(21(8-3)9-10-25-24)23-14-18(5)12-20(7-2)16-23/h11-16,21H,6-10H2,1-5H3. The summed E-state index contributed by atoms with van der Waals surface area (Å²) in [6.07, 6.45) is 4.41. The van der Waals surface area contributed by atoms with Gasteiger partial charge in [0.1, 0.15) is 5.60 Å². The maximum absolute atomic E-state index is 6.63. The quantitative estimate of drug-likeness (QED) is 0.639. The number of benzene rings is 2. The molecule has 1 saturated heterocycles. The Labute approximate surface area is 153 Å². The summed E-state index contributed by atoms with van der Waals surface area (Å²) in [7, 11) is 0. The van der Waals surface area contributed by atoms with Crippen LogP contribution >= 0.6 is 0 Å². The van der Waals surface area contributed by atoms with Crippen molar-refractivity contribution in [2.75, 3.05) is 6.61 Å². The molecule has 0 spiro atoms. The van der Waals surface area contributed by atoms with Crippen LogP contribution in [0.1, 0.15) is 67.0 Å². The van der Waals surface area contributed by atoms with Crippen molar-refractivity contribution in [2.45, 2.75) is 65.9 Å². The molecule has 0 amide bonds. The monoisotopic (exact) mass is 336 g/mol. The van der Waals surface area contributed by atoms with Gasteiger partial charge in [0, 0.05) is 6.61 Å². The normalized spacial score (nSPS) is 19.3. The second-order valence-corrected chi connectivity index (χ2v) is 7.60. The lowest BCUT2D eigenvalue weighted by molar-refractivity contribution is 0.00893. The highest BCUT2D eigenvalue weighted by Gasteiger charge is 2.46. The van der Waals surface area contributed by atoms with Gasteiger partial charge in [-0.25, -0.2) is 0 Å². The van der Waals surface area contributed by atoms with Crippen molar-refractivity contribution in [3.05, 3.63) is 69.8 Å². The third-order valence-electron chi connectivity index (χ3n) is 5.81. The highest BCUT2D eigenvalue weighted by molar-refractivity contribution is 5.45. The van der Waals surface area contributed by atoms with E-state index in [4.69, 9.17) is 4.74 Å². The van der Waals surface area contributed by atoms with Gasteiger partial charge in [-0.1, -0.05) is 68.3 Å². The number of ether oxygens (including phenoxy) is 1. The average molecular weight is 337 g/mol. The molecule has 2 aromatic rings. The Morgan fingerprint density at radius 3 is 1.80 bits per heavy atom. The molecular formula is C24H32O. The molecule has 1 nitrogen and oxygen atoms in total. The third-order valence-corrected chi connectivity index (χ3v) is 5.81. The molecule has 0 N–H and O–H groups in total. The fraction of sp³-hybridized carbons (Fsp3) is 0.500. The highest BCUT2D eigenvalue weighted by atomic mass is 16.5. The molecule has 0 saturated carbocycles. The zero-order valence-electron chi connectivity index (χ0n) is 16.5. The molecule has 0 bridgehead atoms. The topological polar surface area (TPSA) is 9.23 Å². The smallest absolute Gasteiger partial charge is 0.121 e. The maximum atomic E-state index is 6.63. The van der Waals surface area contributed by atoms with Crippen LogP contribution in [0.2, 0.25) is 0 Å². The van der Waals surface area contributed by atoms with Crippen LogP contribution < -0.4 is 0 Å². The summed E-state index contributed by atoms with van der Waals surface area (Å²) < 4.78 is 6.63. The summed E-state index contributed by atoms with van der Waals surface area (Å²) in [5.41, 5.74) is 7.89. The molecule has 134 valence electrons. The molecule has 3 rings (SSSR count). The van der Waals surface area contributed by atoms with Gasteiger partial charge in [0.15, 0.2) is 0 Å². The van der Waals surface area contributed by atoms with Crippen molar-refractivity contribution in [1.82, 2.24) is 0 Å². The van der Waals surface area contributed by atoms with Gasteiger partial charge in [0.05, 0.1) is 0 Å². The van der Waals surface area contributed by atoms with Crippen LogP contribution in [-0.2, 0) is 23.2 Å². The second kappa shape index (κ2) is 7.33. The van der Waals surface area contributed by atoms with Gasteiger partial charge in [0.25, 0.3) is 0 Å². The van der Waals surface area contributed by atoms with Crippen LogP contribution in [0.25, 0.3) is 0 Å². The first-order valence-corrected chi connectivity index (χ1v) is 9.89. The number of hydrogen-bond acceptors (Lipinski definition) is 1. The second-order valence-electron chi connectivity index (χ2n) is 7.60. The molecule has 0 aliphatic carbocycles. The number of aryl methyl sites for hydroxylation is 4. The lowest BCUT2D eigenvalue weighted by Gasteiger charge is -2.36. The zero-order valence-corrected chi connectivity index (χ0v) is 16.5. The molecule has 1 atom stereocenters. The van der Waals surface area contributed by atoms with E-state index in [-0.39, 0.29) is 5.60 Å². The van der Waals surface area contributed by atoms with Gasteiger partial charge in [0.2, 0.25) is 0 Å². The van der Waals surface area contributed by atoms with Crippen molar-refractivity contribution >= 4 is 0 Å². The Kier molecular flexibility index (Phi) is 5.34. The van der Waals surface area contributed by atoms with E-state index in [0.717, 1.165) is 32.3 Å². The summed E-state index contributed by atoms with van der Waals surface area (Å²) in [4.78, 5) is 0. The van der Waals surface area contributed by atoms with Crippen LogP contribution in [0.3, 0.4) is 0 Å². The Bertz CT molecular complexity index is 690. The molecule has 25 heavy (non-hydrogen) atoms. The van der Waals surface area contributed by atoms with Crippen LogP contribution in [-0.4, -0.2) is 6.61 Å². The molecule has 0 aromatic heterocycles. The Balaban J connectivity index is 2.25. The molecule has 1 fully saturated rings. The average Bonchev–Trinajstić information content (AvgIpc) is 3.05. The van der Waals surface area contributed by atoms with Crippen LogP contribution in [0.15, 0.2) is 36.4 Å². The van der Waals surface area contributed by atoms with Crippen molar-refractivity contribution in [3.8, 4) is 0 Å². The predicted molar refractivity (Wildman–Crippen MR) is 106 cm³/mol. The van der Waals surface area contributed by atoms with Crippen LogP contribution in [0.5, 0.6) is 0 Å². The van der Waals surface area contributed by atoms with E-state index in [9.17, 15) is 0 Å². The summed E-state index contributed by atoms with van der Waals surface area (Å²) in [6, 6.07) is 14.1. The van der Waals surface area contributed by atoms with Gasteiger partial charge in [-0.2, -0.15) is 0 Å². The van der Waals surface area contributed by atoms with E-state index in [1.165, 1.54) is 33.4 Å². The first-order chi connectivity index (χ1) is 12.0. The van der Waals surface area contributed by atoms with E-state index in [2.05, 4.69) is 71.0 Å². The molecule has 1 unspecified atom stereocenters. The van der Waals surface area contributed by atoms with E-state index in [1.54, 1.807) is 0 Å². The Morgan fingerprint density at radius 1 is 0.840 bits per heavy atom. The minimum atomic E-state index is -0.291. The van der Waals surface area contributed by atoms with Crippen molar-refractivity contribution in [1.29, 1.82) is 0 Å². The summed E-state index contributed by atoms with van der Waals surface area (Å²) >= 11 is 0. The van der Waals surface area contributed by atoms with E-state index in [0.29, 0.717) is 5.92 Å². The van der Waals surface area contributed by atoms with Gasteiger partial charge in [-0.15, -0.1) is 0 Å². The SMILES string of the molecule is CCc1cc(C)cc(C2(c3cc(C)cc(CC)c3)OCCC2CC)c1. The van der Waals surface area contributed by atoms with Crippen molar-refractivity contribution in [3.63, 3.8) is 0 Å². The predicted octanol–water partition coefficient (Wildman–Crippen LogP) is 6.12. The summed E-state index contributed by atoms with van der Waals surface area (Å²) in [5, 5.41) is 0. The largest absolute Gasteiger partial charge is 0.365 e. The minimum absolute atomic E-state index is 0.291. The molecule has 1 aliphatic rings. The zero-order chi connectivity index (χ0) is 18.0. The summed E-state index contributed by atoms with van der Waals surface area (Å²) in [6.45, 7) is 12.0. The Morgan fingerprint density at radius 2 is 1.36 bits per heavy atom. The Hall–Kier alpha value is -1.60. The molecule has 2 aromatic carbocycles. The van der Waals surface area contributed by atoms with Crippen molar-refractivity contribution < 1.29 is 4.74 Å². The highest BCUT2D eigenvalue weighted by Crippen LogP contribution is 2.48.